The first-order chi connectivity index (χ1) is 12.6. The van der Waals surface area contributed by atoms with E-state index in [1.165, 1.54) is 13.2 Å². The second-order valence-electron chi connectivity index (χ2n) is 7.03. The molecule has 142 valence electrons. The first kappa shape index (κ1) is 18.8. The average Bonchev–Trinajstić information content (AvgIpc) is 3.10. The van der Waals surface area contributed by atoms with E-state index >= 15 is 0 Å². The molecule has 0 bridgehead atoms. The standard InChI is InChI=1S/C19H26FN3O3/c1-26-19(25)16-11-14(2-3-17(16)20)10-15-4-7-22(12-15)13-18(24)23-8-5-21-6-9-23/h2-3,11,15,21H,4-10,12-13H2,1H3. The van der Waals surface area contributed by atoms with Gasteiger partial charge in [0, 0.05) is 32.7 Å². The van der Waals surface area contributed by atoms with Crippen LogP contribution in [0.4, 0.5) is 4.39 Å². The van der Waals surface area contributed by atoms with E-state index in [1.807, 2.05) is 4.90 Å². The number of benzene rings is 1. The second-order valence-corrected chi connectivity index (χ2v) is 7.03. The summed E-state index contributed by atoms with van der Waals surface area (Å²) < 4.78 is 18.4. The maximum absolute atomic E-state index is 13.7. The van der Waals surface area contributed by atoms with Gasteiger partial charge in [-0.15, -0.1) is 0 Å². The number of amides is 1. The molecule has 1 aromatic rings. The average molecular weight is 363 g/mol. The summed E-state index contributed by atoms with van der Waals surface area (Å²) in [6.07, 6.45) is 1.77. The quantitative estimate of drug-likeness (QED) is 0.788. The van der Waals surface area contributed by atoms with E-state index in [-0.39, 0.29) is 11.5 Å². The van der Waals surface area contributed by atoms with Crippen molar-refractivity contribution in [1.82, 2.24) is 15.1 Å². The molecule has 0 aliphatic carbocycles. The molecule has 1 N–H and O–H groups in total. The molecule has 0 saturated carbocycles. The lowest BCUT2D eigenvalue weighted by Gasteiger charge is -2.29. The van der Waals surface area contributed by atoms with Gasteiger partial charge in [-0.3, -0.25) is 9.69 Å². The van der Waals surface area contributed by atoms with Crippen LogP contribution in [-0.2, 0) is 16.0 Å². The maximum Gasteiger partial charge on any atom is 0.340 e. The maximum atomic E-state index is 13.7. The molecule has 6 nitrogen and oxygen atoms in total. The Morgan fingerprint density at radius 1 is 1.27 bits per heavy atom. The van der Waals surface area contributed by atoms with Crippen molar-refractivity contribution in [2.24, 2.45) is 5.92 Å². The van der Waals surface area contributed by atoms with Crippen molar-refractivity contribution in [2.75, 3.05) is 52.9 Å². The molecule has 1 atom stereocenters. The molecule has 26 heavy (non-hydrogen) atoms. The van der Waals surface area contributed by atoms with Crippen LogP contribution in [0, 0.1) is 11.7 Å². The molecular weight excluding hydrogens is 337 g/mol. The molecule has 1 aromatic carbocycles. The molecule has 1 amide bonds. The highest BCUT2D eigenvalue weighted by molar-refractivity contribution is 5.89. The monoisotopic (exact) mass is 363 g/mol. The minimum atomic E-state index is -0.654. The number of rotatable bonds is 5. The molecule has 1 unspecified atom stereocenters. The fraction of sp³-hybridized carbons (Fsp3) is 0.579. The summed E-state index contributed by atoms with van der Waals surface area (Å²) in [5.74, 6) is -0.613. The molecule has 2 aliphatic heterocycles. The summed E-state index contributed by atoms with van der Waals surface area (Å²) in [6, 6.07) is 4.62. The van der Waals surface area contributed by atoms with Gasteiger partial charge in [-0.05, 0) is 43.0 Å². The lowest BCUT2D eigenvalue weighted by Crippen LogP contribution is -2.49. The molecule has 2 fully saturated rings. The van der Waals surface area contributed by atoms with E-state index in [9.17, 15) is 14.0 Å². The van der Waals surface area contributed by atoms with Crippen LogP contribution in [-0.4, -0.2) is 74.6 Å². The molecular formula is C19H26FN3O3. The number of piperazine rings is 1. The van der Waals surface area contributed by atoms with E-state index < -0.39 is 11.8 Å². The van der Waals surface area contributed by atoms with Crippen molar-refractivity contribution >= 4 is 11.9 Å². The zero-order valence-electron chi connectivity index (χ0n) is 15.2. The number of nitrogens with one attached hydrogen (secondary N) is 1. The van der Waals surface area contributed by atoms with Gasteiger partial charge in [-0.25, -0.2) is 9.18 Å². The van der Waals surface area contributed by atoms with E-state index in [2.05, 4.69) is 15.0 Å². The smallest absolute Gasteiger partial charge is 0.340 e. The molecule has 2 aliphatic rings. The SMILES string of the molecule is COC(=O)c1cc(CC2CCN(CC(=O)N3CCNCC3)C2)ccc1F. The van der Waals surface area contributed by atoms with Crippen molar-refractivity contribution < 1.29 is 18.7 Å². The first-order valence-corrected chi connectivity index (χ1v) is 9.14. The first-order valence-electron chi connectivity index (χ1n) is 9.14. The zero-order valence-corrected chi connectivity index (χ0v) is 15.2. The molecule has 2 heterocycles. The molecule has 0 radical (unpaired) electrons. The fourth-order valence-electron chi connectivity index (χ4n) is 3.73. The lowest BCUT2D eigenvalue weighted by molar-refractivity contribution is -0.132. The van der Waals surface area contributed by atoms with Crippen LogP contribution in [0.3, 0.4) is 0 Å². The highest BCUT2D eigenvalue weighted by atomic mass is 19.1. The van der Waals surface area contributed by atoms with Gasteiger partial charge < -0.3 is 15.0 Å². The Morgan fingerprint density at radius 2 is 2.04 bits per heavy atom. The number of ether oxygens (including phenoxy) is 1. The van der Waals surface area contributed by atoms with Crippen molar-refractivity contribution in [1.29, 1.82) is 0 Å². The molecule has 3 rings (SSSR count). The number of carbonyl (C=O) groups is 2. The third-order valence-electron chi connectivity index (χ3n) is 5.16. The Labute approximate surface area is 153 Å². The van der Waals surface area contributed by atoms with Gasteiger partial charge in [0.05, 0.1) is 19.2 Å². The topological polar surface area (TPSA) is 61.9 Å². The van der Waals surface area contributed by atoms with Crippen LogP contribution in [0.1, 0.15) is 22.3 Å². The number of hydrogen-bond acceptors (Lipinski definition) is 5. The van der Waals surface area contributed by atoms with Gasteiger partial charge >= 0.3 is 5.97 Å². The Morgan fingerprint density at radius 3 is 2.77 bits per heavy atom. The van der Waals surface area contributed by atoms with E-state index in [0.717, 1.165) is 57.7 Å². The van der Waals surface area contributed by atoms with Crippen LogP contribution in [0.15, 0.2) is 18.2 Å². The number of likely N-dealkylation sites (tertiary alicyclic amines) is 1. The molecule has 0 spiro atoms. The number of hydrogen-bond donors (Lipinski definition) is 1. The fourth-order valence-corrected chi connectivity index (χ4v) is 3.73. The summed E-state index contributed by atoms with van der Waals surface area (Å²) >= 11 is 0. The van der Waals surface area contributed by atoms with Gasteiger partial charge in [-0.2, -0.15) is 0 Å². The van der Waals surface area contributed by atoms with Crippen molar-refractivity contribution in [3.05, 3.63) is 35.1 Å². The van der Waals surface area contributed by atoms with Crippen LogP contribution in [0.25, 0.3) is 0 Å². The molecule has 7 heteroatoms. The van der Waals surface area contributed by atoms with Crippen LogP contribution in [0.5, 0.6) is 0 Å². The Kier molecular flexibility index (Phi) is 6.21. The summed E-state index contributed by atoms with van der Waals surface area (Å²) in [5.41, 5.74) is 0.904. The van der Waals surface area contributed by atoms with Crippen LogP contribution >= 0.6 is 0 Å². The number of carbonyl (C=O) groups excluding carboxylic acids is 2. The lowest BCUT2D eigenvalue weighted by atomic mass is 9.97. The van der Waals surface area contributed by atoms with Gasteiger partial charge in [-0.1, -0.05) is 6.07 Å². The molecule has 0 aromatic heterocycles. The zero-order chi connectivity index (χ0) is 18.5. The molecule has 2 saturated heterocycles. The Bertz CT molecular complexity index is 661. The van der Waals surface area contributed by atoms with E-state index in [0.29, 0.717) is 12.5 Å². The number of esters is 1. The third kappa shape index (κ3) is 4.59. The highest BCUT2D eigenvalue weighted by Crippen LogP contribution is 2.22. The van der Waals surface area contributed by atoms with Gasteiger partial charge in [0.15, 0.2) is 0 Å². The number of nitrogens with zero attached hydrogens (tertiary/aromatic N) is 2. The summed E-state index contributed by atoms with van der Waals surface area (Å²) in [6.45, 7) is 5.50. The highest BCUT2D eigenvalue weighted by Gasteiger charge is 2.26. The van der Waals surface area contributed by atoms with Crippen molar-refractivity contribution in [3.63, 3.8) is 0 Å². The van der Waals surface area contributed by atoms with Crippen molar-refractivity contribution in [2.45, 2.75) is 12.8 Å². The number of halogens is 1. The van der Waals surface area contributed by atoms with Crippen LogP contribution in [0.2, 0.25) is 0 Å². The normalized spacial score (nSPS) is 21.0. The second kappa shape index (κ2) is 8.60. The van der Waals surface area contributed by atoms with E-state index in [4.69, 9.17) is 0 Å². The van der Waals surface area contributed by atoms with E-state index in [1.54, 1.807) is 12.1 Å². The Hall–Kier alpha value is -1.99. The Balaban J connectivity index is 1.53. The third-order valence-corrected chi connectivity index (χ3v) is 5.16. The van der Waals surface area contributed by atoms with Gasteiger partial charge in [0.25, 0.3) is 0 Å². The minimum Gasteiger partial charge on any atom is -0.465 e. The minimum absolute atomic E-state index is 0.0197. The largest absolute Gasteiger partial charge is 0.465 e. The van der Waals surface area contributed by atoms with Gasteiger partial charge in [0.2, 0.25) is 5.91 Å². The summed E-state index contributed by atoms with van der Waals surface area (Å²) in [7, 11) is 1.25. The predicted octanol–water partition coefficient (Wildman–Crippen LogP) is 0.909. The van der Waals surface area contributed by atoms with Gasteiger partial charge in [0.1, 0.15) is 5.82 Å². The summed E-state index contributed by atoms with van der Waals surface area (Å²) in [4.78, 5) is 28.1. The number of methoxy groups -OCH3 is 1. The predicted molar refractivity (Wildman–Crippen MR) is 95.4 cm³/mol. The summed E-state index contributed by atoms with van der Waals surface area (Å²) in [5, 5.41) is 3.25. The van der Waals surface area contributed by atoms with Crippen LogP contribution < -0.4 is 5.32 Å². The van der Waals surface area contributed by atoms with Crippen molar-refractivity contribution in [3.8, 4) is 0 Å².